The molecule has 1 nitrogen and oxygen atoms in total. The van der Waals surface area contributed by atoms with Crippen LogP contribution in [0.4, 0.5) is 0 Å². The molecule has 2 heteroatoms. The highest BCUT2D eigenvalue weighted by Gasteiger charge is 2.32. The van der Waals surface area contributed by atoms with Crippen molar-refractivity contribution in [3.05, 3.63) is 152 Å². The third-order valence-electron chi connectivity index (χ3n) is 7.32. The zero-order valence-electron chi connectivity index (χ0n) is 22.8. The van der Waals surface area contributed by atoms with Crippen LogP contribution in [0.25, 0.3) is 55.6 Å². The summed E-state index contributed by atoms with van der Waals surface area (Å²) in [5.74, 6) is 0. The largest absolute Gasteiger partial charge is 0.319 e. The molecule has 0 aliphatic rings. The van der Waals surface area contributed by atoms with E-state index < -0.39 is 7.14 Å². The van der Waals surface area contributed by atoms with Crippen LogP contribution in [-0.2, 0) is 4.57 Å². The van der Waals surface area contributed by atoms with Gasteiger partial charge >= 0.3 is 0 Å². The van der Waals surface area contributed by atoms with E-state index in [4.69, 9.17) is 0 Å². The second-order valence-corrected chi connectivity index (χ2v) is 13.6. The van der Waals surface area contributed by atoms with Crippen molar-refractivity contribution in [1.29, 1.82) is 0 Å². The van der Waals surface area contributed by atoms with E-state index in [0.29, 0.717) is 0 Å². The Balaban J connectivity index is 1.97. The second-order valence-electron chi connectivity index (χ2n) is 10.4. The monoisotopic (exact) mass is 534 g/mol. The highest BCUT2D eigenvalue weighted by molar-refractivity contribution is 7.70. The van der Waals surface area contributed by atoms with E-state index in [-0.39, 0.29) is 0 Å². The van der Waals surface area contributed by atoms with Crippen molar-refractivity contribution < 1.29 is 4.57 Å². The van der Waals surface area contributed by atoms with Crippen LogP contribution in [-0.4, -0.2) is 13.3 Å². The van der Waals surface area contributed by atoms with Crippen LogP contribution in [0.2, 0.25) is 0 Å². The summed E-state index contributed by atoms with van der Waals surface area (Å²) in [6.45, 7) is 3.82. The first-order chi connectivity index (χ1) is 19.5. The summed E-state index contributed by atoms with van der Waals surface area (Å²) in [4.78, 5) is 0. The Morgan fingerprint density at radius 2 is 0.525 bits per heavy atom. The Hall–Kier alpha value is -4.45. The summed E-state index contributed by atoms with van der Waals surface area (Å²) in [5, 5.41) is 0.919. The van der Waals surface area contributed by atoms with Crippen molar-refractivity contribution in [3.63, 3.8) is 0 Å². The second kappa shape index (κ2) is 11.0. The lowest BCUT2D eigenvalue weighted by molar-refractivity contribution is 0.588. The molecule has 6 rings (SSSR count). The van der Waals surface area contributed by atoms with E-state index in [1.54, 1.807) is 0 Å². The van der Waals surface area contributed by atoms with Crippen LogP contribution < -0.4 is 5.30 Å². The van der Waals surface area contributed by atoms with Gasteiger partial charge in [-0.25, -0.2) is 0 Å². The van der Waals surface area contributed by atoms with Crippen LogP contribution in [0, 0.1) is 0 Å². The molecule has 0 amide bonds. The van der Waals surface area contributed by atoms with Crippen molar-refractivity contribution >= 4 is 12.4 Å². The Bertz CT molecular complexity index is 1680. The van der Waals surface area contributed by atoms with Gasteiger partial charge in [-0.15, -0.1) is 0 Å². The summed E-state index contributed by atoms with van der Waals surface area (Å²) in [6, 6.07) is 52.7. The van der Waals surface area contributed by atoms with Crippen molar-refractivity contribution in [2.24, 2.45) is 0 Å². The minimum absolute atomic E-state index is 0.919. The predicted octanol–water partition coefficient (Wildman–Crippen LogP) is 10.3. The molecule has 0 radical (unpaired) electrons. The summed E-state index contributed by atoms with van der Waals surface area (Å²) in [7, 11) is -2.83. The van der Waals surface area contributed by atoms with Crippen molar-refractivity contribution in [1.82, 2.24) is 0 Å². The van der Waals surface area contributed by atoms with Crippen LogP contribution in [0.1, 0.15) is 0 Å². The number of hydrogen-bond acceptors (Lipinski definition) is 1. The maximum atomic E-state index is 14.6. The molecule has 0 aliphatic heterocycles. The minimum atomic E-state index is -2.83. The van der Waals surface area contributed by atoms with Crippen molar-refractivity contribution in [2.45, 2.75) is 0 Å². The Kier molecular flexibility index (Phi) is 7.08. The molecule has 0 saturated heterocycles. The first-order valence-corrected chi connectivity index (χ1v) is 16.2. The van der Waals surface area contributed by atoms with E-state index in [0.717, 1.165) is 60.9 Å². The first kappa shape index (κ1) is 25.8. The van der Waals surface area contributed by atoms with E-state index in [1.807, 2.05) is 25.5 Å². The molecular weight excluding hydrogens is 503 g/mol. The van der Waals surface area contributed by atoms with Gasteiger partial charge in [-0.1, -0.05) is 152 Å². The van der Waals surface area contributed by atoms with Gasteiger partial charge in [0.05, 0.1) is 0 Å². The topological polar surface area (TPSA) is 17.1 Å². The molecule has 0 bridgehead atoms. The van der Waals surface area contributed by atoms with Gasteiger partial charge in [0.2, 0.25) is 0 Å². The normalized spacial score (nSPS) is 11.3. The fourth-order valence-corrected chi connectivity index (χ4v) is 7.29. The number of benzene rings is 6. The van der Waals surface area contributed by atoms with Gasteiger partial charge < -0.3 is 4.57 Å². The molecule has 0 heterocycles. The van der Waals surface area contributed by atoms with E-state index in [2.05, 4.69) is 140 Å². The molecular formula is C38H31OP. The molecule has 0 atom stereocenters. The van der Waals surface area contributed by atoms with Gasteiger partial charge in [-0.3, -0.25) is 0 Å². The van der Waals surface area contributed by atoms with Gasteiger partial charge in [0, 0.05) is 16.4 Å². The van der Waals surface area contributed by atoms with Crippen molar-refractivity contribution in [2.75, 3.05) is 13.3 Å². The molecule has 194 valence electrons. The molecule has 40 heavy (non-hydrogen) atoms. The summed E-state index contributed by atoms with van der Waals surface area (Å²) in [5.41, 5.74) is 10.9. The first-order valence-electron chi connectivity index (χ1n) is 13.6. The van der Waals surface area contributed by atoms with Gasteiger partial charge in [-0.2, -0.15) is 0 Å². The maximum absolute atomic E-state index is 14.6. The molecule has 0 saturated carbocycles. The third kappa shape index (κ3) is 4.86. The Morgan fingerprint density at radius 3 is 0.750 bits per heavy atom. The summed E-state index contributed by atoms with van der Waals surface area (Å²) in [6.07, 6.45) is 0. The van der Waals surface area contributed by atoms with E-state index in [1.165, 1.54) is 0 Å². The van der Waals surface area contributed by atoms with Crippen LogP contribution in [0.5, 0.6) is 0 Å². The Labute approximate surface area is 237 Å². The molecule has 0 fully saturated rings. The molecule has 0 aromatic heterocycles. The van der Waals surface area contributed by atoms with Gasteiger partial charge in [-0.05, 0) is 57.8 Å². The standard InChI is InChI=1S/C38H31OP/c1-40(2,39)38-36(31-24-14-6-15-25-31)34(29-20-10-4-11-21-29)33(28-18-8-3-9-19-28)35(30-22-12-5-13-23-30)37(38)32-26-16-7-17-27-32/h3-27H,1-2H3. The predicted molar refractivity (Wildman–Crippen MR) is 173 cm³/mol. The maximum Gasteiger partial charge on any atom is 0.111 e. The summed E-state index contributed by atoms with van der Waals surface area (Å²) >= 11 is 0. The number of rotatable bonds is 6. The third-order valence-corrected chi connectivity index (χ3v) is 8.85. The molecule has 6 aromatic rings. The Morgan fingerprint density at radius 1 is 0.325 bits per heavy atom. The molecule has 0 N–H and O–H groups in total. The average molecular weight is 535 g/mol. The van der Waals surface area contributed by atoms with Crippen LogP contribution in [0.3, 0.4) is 0 Å². The van der Waals surface area contributed by atoms with Gasteiger partial charge in [0.15, 0.2) is 0 Å². The average Bonchev–Trinajstić information content (AvgIpc) is 3.01. The zero-order valence-corrected chi connectivity index (χ0v) is 23.7. The number of hydrogen-bond donors (Lipinski definition) is 0. The lowest BCUT2D eigenvalue weighted by Gasteiger charge is -2.29. The fourth-order valence-electron chi connectivity index (χ4n) is 5.73. The van der Waals surface area contributed by atoms with Crippen molar-refractivity contribution in [3.8, 4) is 55.6 Å². The van der Waals surface area contributed by atoms with Crippen LogP contribution >= 0.6 is 7.14 Å². The SMILES string of the molecule is CP(C)(=O)c1c(-c2ccccc2)c(-c2ccccc2)c(-c2ccccc2)c(-c2ccccc2)c1-c1ccccc1. The lowest BCUT2D eigenvalue weighted by Crippen LogP contribution is -2.16. The zero-order chi connectivity index (χ0) is 27.5. The van der Waals surface area contributed by atoms with E-state index >= 15 is 0 Å². The molecule has 6 aromatic carbocycles. The smallest absolute Gasteiger partial charge is 0.111 e. The highest BCUT2D eigenvalue weighted by atomic mass is 31.2. The summed E-state index contributed by atoms with van der Waals surface area (Å²) < 4.78 is 14.6. The molecule has 0 spiro atoms. The fraction of sp³-hybridized carbons (Fsp3) is 0.0526. The van der Waals surface area contributed by atoms with E-state index in [9.17, 15) is 4.57 Å². The highest BCUT2D eigenvalue weighted by Crippen LogP contribution is 2.54. The quantitative estimate of drug-likeness (QED) is 0.194. The molecule has 0 aliphatic carbocycles. The minimum Gasteiger partial charge on any atom is -0.319 e. The molecule has 0 unspecified atom stereocenters. The van der Waals surface area contributed by atoms with Gasteiger partial charge in [0.1, 0.15) is 7.14 Å². The van der Waals surface area contributed by atoms with Crippen LogP contribution in [0.15, 0.2) is 152 Å². The van der Waals surface area contributed by atoms with Gasteiger partial charge in [0.25, 0.3) is 0 Å². The lowest BCUT2D eigenvalue weighted by atomic mass is 9.78.